The van der Waals surface area contributed by atoms with E-state index in [1.165, 1.54) is 0 Å². The molecule has 2 amide bonds. The van der Waals surface area contributed by atoms with Gasteiger partial charge in [-0.2, -0.15) is 5.26 Å². The molecule has 0 aliphatic heterocycles. The number of aromatic nitrogens is 2. The van der Waals surface area contributed by atoms with Crippen molar-refractivity contribution < 1.29 is 9.53 Å². The first-order chi connectivity index (χ1) is 19.0. The number of hydrogen-bond acceptors (Lipinski definition) is 5. The van der Waals surface area contributed by atoms with Crippen molar-refractivity contribution in [2.24, 2.45) is 0 Å². The number of nitrogens with one attached hydrogen (secondary N) is 1. The molecule has 1 unspecified atom stereocenters. The third kappa shape index (κ3) is 6.10. The van der Waals surface area contributed by atoms with Gasteiger partial charge in [0.25, 0.3) is 5.56 Å². The summed E-state index contributed by atoms with van der Waals surface area (Å²) in [7, 11) is 0. The average Bonchev–Trinajstić information content (AvgIpc) is 2.96. The molecule has 1 atom stereocenters. The fraction of sp³-hybridized carbons (Fsp3) is 0.290. The van der Waals surface area contributed by atoms with Crippen LogP contribution in [0.4, 0.5) is 10.5 Å². The maximum absolute atomic E-state index is 13.9. The van der Waals surface area contributed by atoms with Crippen molar-refractivity contribution in [3.63, 3.8) is 0 Å². The molecule has 0 aliphatic carbocycles. The van der Waals surface area contributed by atoms with E-state index in [4.69, 9.17) is 9.72 Å². The second-order valence-corrected chi connectivity index (χ2v) is 9.15. The lowest BCUT2D eigenvalue weighted by Crippen LogP contribution is -2.41. The zero-order valence-corrected chi connectivity index (χ0v) is 22.6. The second kappa shape index (κ2) is 12.7. The van der Waals surface area contributed by atoms with Gasteiger partial charge in [-0.15, -0.1) is 0 Å². The molecule has 1 aromatic heterocycles. The lowest BCUT2D eigenvalue weighted by Gasteiger charge is -2.32. The number of urea groups is 1. The van der Waals surface area contributed by atoms with Gasteiger partial charge in [-0.3, -0.25) is 9.36 Å². The van der Waals surface area contributed by atoms with Gasteiger partial charge in [-0.25, -0.2) is 9.78 Å². The molecular formula is C31H33N5O3. The Labute approximate surface area is 228 Å². The first-order valence-electron chi connectivity index (χ1n) is 13.3. The molecule has 0 saturated carbocycles. The molecule has 39 heavy (non-hydrogen) atoms. The number of rotatable bonds is 10. The highest BCUT2D eigenvalue weighted by atomic mass is 16.5. The van der Waals surface area contributed by atoms with Gasteiger partial charge in [0.1, 0.15) is 11.6 Å². The van der Waals surface area contributed by atoms with Gasteiger partial charge in [-0.1, -0.05) is 38.5 Å². The summed E-state index contributed by atoms with van der Waals surface area (Å²) in [6.45, 7) is 6.99. The number of unbranched alkanes of at least 4 members (excludes halogenated alkanes) is 1. The molecule has 1 N–H and O–H groups in total. The van der Waals surface area contributed by atoms with Gasteiger partial charge in [0.15, 0.2) is 0 Å². The number of ether oxygens (including phenoxy) is 1. The highest BCUT2D eigenvalue weighted by Gasteiger charge is 2.29. The number of fused-ring (bicyclic) bond motifs is 1. The third-order valence-corrected chi connectivity index (χ3v) is 6.52. The topological polar surface area (TPSA) is 100 Å². The van der Waals surface area contributed by atoms with E-state index in [1.54, 1.807) is 39.8 Å². The van der Waals surface area contributed by atoms with Crippen molar-refractivity contribution in [2.75, 3.05) is 18.5 Å². The minimum Gasteiger partial charge on any atom is -0.494 e. The minimum absolute atomic E-state index is 0.198. The number of anilines is 1. The molecule has 200 valence electrons. The number of amides is 2. The van der Waals surface area contributed by atoms with Crippen molar-refractivity contribution in [1.29, 1.82) is 5.26 Å². The molecule has 0 spiro atoms. The molecule has 8 heteroatoms. The maximum Gasteiger partial charge on any atom is 0.322 e. The van der Waals surface area contributed by atoms with E-state index in [-0.39, 0.29) is 11.6 Å². The molecule has 0 aliphatic rings. The van der Waals surface area contributed by atoms with Crippen LogP contribution in [0, 0.1) is 11.3 Å². The quantitative estimate of drug-likeness (QED) is 0.258. The Morgan fingerprint density at radius 1 is 1.08 bits per heavy atom. The lowest BCUT2D eigenvalue weighted by molar-refractivity contribution is 0.180. The van der Waals surface area contributed by atoms with Crippen LogP contribution in [0.25, 0.3) is 16.6 Å². The minimum atomic E-state index is -0.487. The molecule has 4 aromatic rings. The van der Waals surface area contributed by atoms with Gasteiger partial charge < -0.3 is 15.0 Å². The number of nitrogens with zero attached hydrogens (tertiary/aromatic N) is 4. The third-order valence-electron chi connectivity index (χ3n) is 6.52. The molecule has 0 fully saturated rings. The Balaban J connectivity index is 1.84. The van der Waals surface area contributed by atoms with E-state index in [0.717, 1.165) is 12.8 Å². The molecule has 0 saturated heterocycles. The van der Waals surface area contributed by atoms with Gasteiger partial charge in [0, 0.05) is 12.2 Å². The van der Waals surface area contributed by atoms with Crippen molar-refractivity contribution in [3.8, 4) is 17.5 Å². The predicted octanol–water partition coefficient (Wildman–Crippen LogP) is 6.44. The summed E-state index contributed by atoms with van der Waals surface area (Å²) in [6, 6.07) is 22.7. The summed E-state index contributed by atoms with van der Waals surface area (Å²) in [5.74, 6) is 1.20. The molecule has 0 bridgehead atoms. The Bertz CT molecular complexity index is 1540. The van der Waals surface area contributed by atoms with Crippen LogP contribution in [0.5, 0.6) is 5.75 Å². The fourth-order valence-corrected chi connectivity index (χ4v) is 4.61. The van der Waals surface area contributed by atoms with Crippen molar-refractivity contribution in [3.05, 3.63) is 94.5 Å². The normalized spacial score (nSPS) is 11.5. The summed E-state index contributed by atoms with van der Waals surface area (Å²) in [5, 5.41) is 12.7. The first-order valence-corrected chi connectivity index (χ1v) is 13.3. The fourth-order valence-electron chi connectivity index (χ4n) is 4.61. The van der Waals surface area contributed by atoms with E-state index in [1.807, 2.05) is 56.3 Å². The largest absolute Gasteiger partial charge is 0.494 e. The van der Waals surface area contributed by atoms with Crippen LogP contribution in [0.3, 0.4) is 0 Å². The number of carbonyl (C=O) groups is 1. The smallest absolute Gasteiger partial charge is 0.322 e. The highest BCUT2D eigenvalue weighted by Crippen LogP contribution is 2.28. The summed E-state index contributed by atoms with van der Waals surface area (Å²) in [6.07, 6.45) is 2.21. The van der Waals surface area contributed by atoms with Crippen LogP contribution in [-0.4, -0.2) is 33.6 Å². The van der Waals surface area contributed by atoms with Crippen molar-refractivity contribution in [1.82, 2.24) is 14.5 Å². The molecule has 3 aromatic carbocycles. The standard InChI is InChI=1S/C31H33N5O3/c1-4-7-19-35(31(38)33-23-12-10-11-22(20-23)21-32)28(5-2)29-34-27-14-9-8-13-26(27)30(37)36(29)24-15-17-25(18-16-24)39-6-3/h8-18,20,28H,4-7,19H2,1-3H3,(H,33,38). The molecule has 4 rings (SSSR count). The Kier molecular flexibility index (Phi) is 8.95. The van der Waals surface area contributed by atoms with Crippen molar-refractivity contribution in [2.45, 2.75) is 46.1 Å². The summed E-state index contributed by atoms with van der Waals surface area (Å²) in [5.41, 5.74) is 2.02. The maximum atomic E-state index is 13.9. The Hall–Kier alpha value is -4.64. The summed E-state index contributed by atoms with van der Waals surface area (Å²) < 4.78 is 7.20. The predicted molar refractivity (Wildman–Crippen MR) is 153 cm³/mol. The number of para-hydroxylation sites is 1. The van der Waals surface area contributed by atoms with Gasteiger partial charge in [-0.05, 0) is 74.4 Å². The highest BCUT2D eigenvalue weighted by molar-refractivity contribution is 5.90. The van der Waals surface area contributed by atoms with E-state index in [0.29, 0.717) is 59.0 Å². The lowest BCUT2D eigenvalue weighted by atomic mass is 10.1. The van der Waals surface area contributed by atoms with E-state index < -0.39 is 6.04 Å². The average molecular weight is 524 g/mol. The van der Waals surface area contributed by atoms with Gasteiger partial charge >= 0.3 is 6.03 Å². The monoisotopic (exact) mass is 523 g/mol. The SMILES string of the molecule is CCCCN(C(=O)Nc1cccc(C#N)c1)C(CC)c1nc2ccccc2c(=O)n1-c1ccc(OCC)cc1. The molecule has 0 radical (unpaired) electrons. The summed E-state index contributed by atoms with van der Waals surface area (Å²) >= 11 is 0. The van der Waals surface area contributed by atoms with E-state index in [9.17, 15) is 14.9 Å². The van der Waals surface area contributed by atoms with Crippen LogP contribution >= 0.6 is 0 Å². The zero-order chi connectivity index (χ0) is 27.8. The number of carbonyl (C=O) groups excluding carboxylic acids is 1. The molecular weight excluding hydrogens is 490 g/mol. The van der Waals surface area contributed by atoms with Crippen molar-refractivity contribution >= 4 is 22.6 Å². The zero-order valence-electron chi connectivity index (χ0n) is 22.6. The van der Waals surface area contributed by atoms with Crippen LogP contribution < -0.4 is 15.6 Å². The number of benzene rings is 3. The Morgan fingerprint density at radius 3 is 2.54 bits per heavy atom. The van der Waals surface area contributed by atoms with Crippen LogP contribution in [0.1, 0.15) is 57.5 Å². The number of hydrogen-bond donors (Lipinski definition) is 1. The van der Waals surface area contributed by atoms with Crippen LogP contribution in [-0.2, 0) is 0 Å². The first kappa shape index (κ1) is 27.4. The second-order valence-electron chi connectivity index (χ2n) is 9.15. The molecule has 8 nitrogen and oxygen atoms in total. The Morgan fingerprint density at radius 2 is 1.85 bits per heavy atom. The number of nitriles is 1. The summed E-state index contributed by atoms with van der Waals surface area (Å²) in [4.78, 5) is 34.3. The van der Waals surface area contributed by atoms with Crippen LogP contribution in [0.2, 0.25) is 0 Å². The van der Waals surface area contributed by atoms with E-state index >= 15 is 0 Å². The molecule has 1 heterocycles. The van der Waals surface area contributed by atoms with Gasteiger partial charge in [0.05, 0.1) is 40.9 Å². The van der Waals surface area contributed by atoms with Gasteiger partial charge in [0.2, 0.25) is 0 Å². The van der Waals surface area contributed by atoms with E-state index in [2.05, 4.69) is 18.3 Å². The van der Waals surface area contributed by atoms with Crippen LogP contribution in [0.15, 0.2) is 77.6 Å².